The van der Waals surface area contributed by atoms with E-state index in [0.717, 1.165) is 12.4 Å². The van der Waals surface area contributed by atoms with Crippen molar-refractivity contribution in [1.82, 2.24) is 4.98 Å². The minimum Gasteiger partial charge on any atom is -0.399 e. The molecule has 0 unspecified atom stereocenters. The Kier molecular flexibility index (Phi) is 2.95. The van der Waals surface area contributed by atoms with Crippen LogP contribution in [0.4, 0.5) is 11.5 Å². The van der Waals surface area contributed by atoms with Crippen molar-refractivity contribution in [3.63, 3.8) is 0 Å². The zero-order valence-corrected chi connectivity index (χ0v) is 10.3. The predicted molar refractivity (Wildman–Crippen MR) is 65.9 cm³/mol. The second-order valence-electron chi connectivity index (χ2n) is 4.60. The highest BCUT2D eigenvalue weighted by atomic mass is 35.5. The van der Waals surface area contributed by atoms with Crippen molar-refractivity contribution in [1.29, 1.82) is 0 Å². The summed E-state index contributed by atoms with van der Waals surface area (Å²) >= 11 is 5.91. The monoisotopic (exact) mass is 241 g/mol. The SMILES string of the molecule is CC1(C)COCCN1c1cc(N)cc(Cl)n1. The molecule has 4 nitrogen and oxygen atoms in total. The fraction of sp³-hybridized carbons (Fsp3) is 0.545. The van der Waals surface area contributed by atoms with Gasteiger partial charge in [-0.2, -0.15) is 0 Å². The number of ether oxygens (including phenoxy) is 1. The molecule has 0 bridgehead atoms. The summed E-state index contributed by atoms with van der Waals surface area (Å²) in [6, 6.07) is 3.50. The highest BCUT2D eigenvalue weighted by molar-refractivity contribution is 6.29. The molecule has 1 saturated heterocycles. The fourth-order valence-corrected chi connectivity index (χ4v) is 2.14. The molecule has 16 heavy (non-hydrogen) atoms. The first-order valence-corrected chi connectivity index (χ1v) is 5.65. The summed E-state index contributed by atoms with van der Waals surface area (Å²) < 4.78 is 5.46. The molecule has 0 radical (unpaired) electrons. The Bertz CT molecular complexity index is 375. The number of nitrogen functional groups attached to an aromatic ring is 1. The van der Waals surface area contributed by atoms with Crippen LogP contribution in [0.1, 0.15) is 13.8 Å². The average molecular weight is 242 g/mol. The van der Waals surface area contributed by atoms with Crippen LogP contribution in [0.5, 0.6) is 0 Å². The summed E-state index contributed by atoms with van der Waals surface area (Å²) in [7, 11) is 0. The Labute approximate surface area is 100 Å². The van der Waals surface area contributed by atoms with E-state index >= 15 is 0 Å². The van der Waals surface area contributed by atoms with Gasteiger partial charge in [-0.05, 0) is 19.9 Å². The minimum atomic E-state index is -0.0810. The van der Waals surface area contributed by atoms with Crippen LogP contribution in [0.15, 0.2) is 12.1 Å². The van der Waals surface area contributed by atoms with Crippen molar-refractivity contribution >= 4 is 23.1 Å². The molecule has 0 saturated carbocycles. The third kappa shape index (κ3) is 2.23. The van der Waals surface area contributed by atoms with Crippen LogP contribution in [0, 0.1) is 0 Å². The molecule has 0 amide bonds. The third-order valence-electron chi connectivity index (χ3n) is 2.72. The molecule has 1 fully saturated rings. The quantitative estimate of drug-likeness (QED) is 0.764. The van der Waals surface area contributed by atoms with Crippen LogP contribution < -0.4 is 10.6 Å². The lowest BCUT2D eigenvalue weighted by atomic mass is 10.0. The largest absolute Gasteiger partial charge is 0.399 e. The zero-order valence-electron chi connectivity index (χ0n) is 9.53. The maximum atomic E-state index is 5.91. The Hall–Kier alpha value is -1.00. The highest BCUT2D eigenvalue weighted by Crippen LogP contribution is 2.28. The summed E-state index contributed by atoms with van der Waals surface area (Å²) in [5, 5.41) is 0.428. The fourth-order valence-electron chi connectivity index (χ4n) is 1.92. The third-order valence-corrected chi connectivity index (χ3v) is 2.92. The highest BCUT2D eigenvalue weighted by Gasteiger charge is 2.31. The normalized spacial score (nSPS) is 19.8. The summed E-state index contributed by atoms with van der Waals surface area (Å²) in [4.78, 5) is 6.49. The van der Waals surface area contributed by atoms with Gasteiger partial charge in [-0.3, -0.25) is 0 Å². The number of pyridine rings is 1. The zero-order chi connectivity index (χ0) is 11.8. The van der Waals surface area contributed by atoms with E-state index in [9.17, 15) is 0 Å². The van der Waals surface area contributed by atoms with E-state index in [0.29, 0.717) is 24.1 Å². The number of nitrogens with two attached hydrogens (primary N) is 1. The van der Waals surface area contributed by atoms with E-state index in [1.54, 1.807) is 6.07 Å². The van der Waals surface area contributed by atoms with Gasteiger partial charge in [-0.25, -0.2) is 4.98 Å². The lowest BCUT2D eigenvalue weighted by molar-refractivity contribution is 0.0639. The Morgan fingerprint density at radius 2 is 2.25 bits per heavy atom. The minimum absolute atomic E-state index is 0.0810. The average Bonchev–Trinajstić information content (AvgIpc) is 2.15. The molecule has 0 spiro atoms. The first-order chi connectivity index (χ1) is 7.49. The van der Waals surface area contributed by atoms with Gasteiger partial charge in [0, 0.05) is 18.3 Å². The number of anilines is 2. The van der Waals surface area contributed by atoms with Gasteiger partial charge in [-0.1, -0.05) is 11.6 Å². The summed E-state index contributed by atoms with van der Waals surface area (Å²) in [5.74, 6) is 0.818. The van der Waals surface area contributed by atoms with Crippen molar-refractivity contribution in [3.05, 3.63) is 17.3 Å². The lowest BCUT2D eigenvalue weighted by Crippen LogP contribution is -2.53. The van der Waals surface area contributed by atoms with E-state index in [2.05, 4.69) is 23.7 Å². The molecule has 1 aliphatic heterocycles. The van der Waals surface area contributed by atoms with Crippen molar-refractivity contribution < 1.29 is 4.74 Å². The molecular formula is C11H16ClN3O. The van der Waals surface area contributed by atoms with Gasteiger partial charge in [-0.15, -0.1) is 0 Å². The van der Waals surface area contributed by atoms with E-state index in [4.69, 9.17) is 22.1 Å². The van der Waals surface area contributed by atoms with E-state index in [1.165, 1.54) is 0 Å². The Balaban J connectivity index is 2.34. The number of halogens is 1. The number of morpholine rings is 1. The van der Waals surface area contributed by atoms with Crippen LogP contribution in [0.2, 0.25) is 5.15 Å². The molecule has 88 valence electrons. The molecule has 2 N–H and O–H groups in total. The number of rotatable bonds is 1. The van der Waals surface area contributed by atoms with Gasteiger partial charge in [0.2, 0.25) is 0 Å². The van der Waals surface area contributed by atoms with Gasteiger partial charge < -0.3 is 15.4 Å². The molecule has 0 aliphatic carbocycles. The van der Waals surface area contributed by atoms with Crippen molar-refractivity contribution in [2.45, 2.75) is 19.4 Å². The molecule has 2 rings (SSSR count). The Morgan fingerprint density at radius 3 is 2.88 bits per heavy atom. The molecule has 1 aliphatic rings. The number of hydrogen-bond donors (Lipinski definition) is 1. The molecule has 0 aromatic carbocycles. The molecule has 5 heteroatoms. The van der Waals surface area contributed by atoms with Gasteiger partial charge in [0.15, 0.2) is 0 Å². The van der Waals surface area contributed by atoms with Crippen LogP contribution in [-0.4, -0.2) is 30.3 Å². The van der Waals surface area contributed by atoms with E-state index in [-0.39, 0.29) is 5.54 Å². The van der Waals surface area contributed by atoms with Crippen LogP contribution >= 0.6 is 11.6 Å². The van der Waals surface area contributed by atoms with E-state index in [1.807, 2.05) is 6.07 Å². The van der Waals surface area contributed by atoms with Crippen LogP contribution in [0.3, 0.4) is 0 Å². The number of nitrogens with zero attached hydrogens (tertiary/aromatic N) is 2. The number of aromatic nitrogens is 1. The van der Waals surface area contributed by atoms with Gasteiger partial charge in [0.25, 0.3) is 0 Å². The molecule has 2 heterocycles. The first-order valence-electron chi connectivity index (χ1n) is 5.27. The van der Waals surface area contributed by atoms with Crippen LogP contribution in [0.25, 0.3) is 0 Å². The number of hydrogen-bond acceptors (Lipinski definition) is 4. The maximum Gasteiger partial charge on any atom is 0.133 e. The smallest absolute Gasteiger partial charge is 0.133 e. The van der Waals surface area contributed by atoms with Gasteiger partial charge in [0.05, 0.1) is 18.8 Å². The van der Waals surface area contributed by atoms with Crippen molar-refractivity contribution in [2.24, 2.45) is 0 Å². The molecule has 1 aromatic heterocycles. The van der Waals surface area contributed by atoms with Crippen LogP contribution in [-0.2, 0) is 4.74 Å². The second-order valence-corrected chi connectivity index (χ2v) is 4.99. The van der Waals surface area contributed by atoms with Gasteiger partial charge >= 0.3 is 0 Å². The lowest BCUT2D eigenvalue weighted by Gasteiger charge is -2.43. The summed E-state index contributed by atoms with van der Waals surface area (Å²) in [6.07, 6.45) is 0. The summed E-state index contributed by atoms with van der Waals surface area (Å²) in [6.45, 7) is 6.42. The van der Waals surface area contributed by atoms with Crippen molar-refractivity contribution in [3.8, 4) is 0 Å². The van der Waals surface area contributed by atoms with Gasteiger partial charge in [0.1, 0.15) is 11.0 Å². The predicted octanol–water partition coefficient (Wildman–Crippen LogP) is 1.93. The molecule has 0 atom stereocenters. The van der Waals surface area contributed by atoms with Crippen molar-refractivity contribution in [2.75, 3.05) is 30.4 Å². The summed E-state index contributed by atoms with van der Waals surface area (Å²) in [5.41, 5.74) is 6.33. The standard InChI is InChI=1S/C11H16ClN3O/c1-11(2)7-16-4-3-15(11)10-6-8(13)5-9(12)14-10/h5-6H,3-4,7H2,1-2H3,(H2,13,14). The molecular weight excluding hydrogens is 226 g/mol. The topological polar surface area (TPSA) is 51.4 Å². The molecule has 1 aromatic rings. The first kappa shape index (κ1) is 11.5. The Morgan fingerprint density at radius 1 is 1.50 bits per heavy atom. The maximum absolute atomic E-state index is 5.91. The van der Waals surface area contributed by atoms with E-state index < -0.39 is 0 Å². The second kappa shape index (κ2) is 4.11.